The molecule has 2 heterocycles. The quantitative estimate of drug-likeness (QED) is 0.741. The van der Waals surface area contributed by atoms with Gasteiger partial charge in [-0.05, 0) is 0 Å². The summed E-state index contributed by atoms with van der Waals surface area (Å²) in [5.41, 5.74) is 0.862. The van der Waals surface area contributed by atoms with Gasteiger partial charge in [0.05, 0.1) is 24.4 Å². The number of rotatable bonds is 3. The molecule has 68 valence electrons. The number of alkyl halides is 1. The smallest absolute Gasteiger partial charge is 0.144 e. The number of aromatic amines is 1. The average Bonchev–Trinajstić information content (AvgIpc) is 2.76. The van der Waals surface area contributed by atoms with Crippen molar-refractivity contribution >= 4 is 11.6 Å². The van der Waals surface area contributed by atoms with Crippen molar-refractivity contribution in [3.8, 4) is 0 Å². The number of imidazole rings is 1. The molecular formula is C7H8ClN5. The van der Waals surface area contributed by atoms with Crippen molar-refractivity contribution in [2.45, 2.75) is 12.4 Å². The molecule has 0 spiro atoms. The van der Waals surface area contributed by atoms with E-state index in [0.717, 1.165) is 11.5 Å². The Bertz CT molecular complexity index is 366. The zero-order valence-electron chi connectivity index (χ0n) is 6.81. The fourth-order valence-corrected chi connectivity index (χ4v) is 1.18. The van der Waals surface area contributed by atoms with Gasteiger partial charge in [-0.15, -0.1) is 11.6 Å². The topological polar surface area (TPSA) is 59.4 Å². The Morgan fingerprint density at radius 3 is 3.00 bits per heavy atom. The lowest BCUT2D eigenvalue weighted by molar-refractivity contribution is 0.747. The summed E-state index contributed by atoms with van der Waals surface area (Å²) in [5.74, 6) is 1.24. The molecule has 2 aromatic heterocycles. The van der Waals surface area contributed by atoms with E-state index in [4.69, 9.17) is 11.6 Å². The van der Waals surface area contributed by atoms with Gasteiger partial charge in [0.15, 0.2) is 0 Å². The summed E-state index contributed by atoms with van der Waals surface area (Å²) in [7, 11) is 0. The second kappa shape index (κ2) is 3.57. The van der Waals surface area contributed by atoms with E-state index in [1.807, 2.05) is 10.8 Å². The first-order chi connectivity index (χ1) is 6.38. The Kier molecular flexibility index (Phi) is 2.27. The zero-order chi connectivity index (χ0) is 9.10. The van der Waals surface area contributed by atoms with E-state index >= 15 is 0 Å². The third kappa shape index (κ3) is 1.86. The largest absolute Gasteiger partial charge is 0.330 e. The molecule has 0 aliphatic heterocycles. The molecule has 6 heteroatoms. The Balaban J connectivity index is 2.10. The van der Waals surface area contributed by atoms with Gasteiger partial charge in [-0.3, -0.25) is 5.10 Å². The maximum Gasteiger partial charge on any atom is 0.144 e. The summed E-state index contributed by atoms with van der Waals surface area (Å²) < 4.78 is 1.90. The molecule has 2 rings (SSSR count). The molecule has 0 radical (unpaired) electrons. The van der Waals surface area contributed by atoms with Gasteiger partial charge < -0.3 is 4.57 Å². The number of H-pyrrole nitrogens is 1. The van der Waals surface area contributed by atoms with Crippen LogP contribution in [0.3, 0.4) is 0 Å². The predicted molar refractivity (Wildman–Crippen MR) is 47.3 cm³/mol. The van der Waals surface area contributed by atoms with Crippen LogP contribution in [0.2, 0.25) is 0 Å². The van der Waals surface area contributed by atoms with Gasteiger partial charge in [-0.25, -0.2) is 9.97 Å². The van der Waals surface area contributed by atoms with Crippen molar-refractivity contribution in [3.63, 3.8) is 0 Å². The van der Waals surface area contributed by atoms with Gasteiger partial charge in [0.1, 0.15) is 12.2 Å². The molecule has 0 bridgehead atoms. The standard InChI is InChI=1S/C7H8ClN5/c8-1-6-2-13(5-10-6)3-7-9-4-11-12-7/h2,4-5H,1,3H2,(H,9,11,12). The second-order valence-electron chi connectivity index (χ2n) is 2.60. The fourth-order valence-electron chi connectivity index (χ4n) is 1.04. The minimum absolute atomic E-state index is 0.434. The molecule has 1 N–H and O–H groups in total. The maximum absolute atomic E-state index is 5.61. The monoisotopic (exact) mass is 197 g/mol. The number of aromatic nitrogens is 5. The summed E-state index contributed by atoms with van der Waals surface area (Å²) in [6.45, 7) is 0.643. The highest BCUT2D eigenvalue weighted by atomic mass is 35.5. The Hall–Kier alpha value is -1.36. The van der Waals surface area contributed by atoms with E-state index in [1.54, 1.807) is 6.33 Å². The van der Waals surface area contributed by atoms with Gasteiger partial charge in [0.25, 0.3) is 0 Å². The SMILES string of the molecule is ClCc1cn(Cc2ncn[nH]2)cn1. The van der Waals surface area contributed by atoms with Crippen LogP contribution in [0.1, 0.15) is 11.5 Å². The summed E-state index contributed by atoms with van der Waals surface area (Å²) in [6, 6.07) is 0. The lowest BCUT2D eigenvalue weighted by Crippen LogP contribution is -1.98. The molecule has 0 aromatic carbocycles. The van der Waals surface area contributed by atoms with Crippen molar-refractivity contribution in [3.05, 3.63) is 30.4 Å². The Labute approximate surface area is 79.8 Å². The molecule has 0 unspecified atom stereocenters. The molecule has 0 saturated carbocycles. The molecule has 5 nitrogen and oxygen atoms in total. The minimum atomic E-state index is 0.434. The van der Waals surface area contributed by atoms with Gasteiger partial charge >= 0.3 is 0 Å². The van der Waals surface area contributed by atoms with Crippen LogP contribution in [0.4, 0.5) is 0 Å². The molecule has 0 aliphatic carbocycles. The van der Waals surface area contributed by atoms with E-state index in [0.29, 0.717) is 12.4 Å². The first-order valence-electron chi connectivity index (χ1n) is 3.79. The van der Waals surface area contributed by atoms with Crippen LogP contribution >= 0.6 is 11.6 Å². The van der Waals surface area contributed by atoms with Crippen molar-refractivity contribution in [2.75, 3.05) is 0 Å². The molecular weight excluding hydrogens is 190 g/mol. The maximum atomic E-state index is 5.61. The Morgan fingerprint density at radius 2 is 2.38 bits per heavy atom. The van der Waals surface area contributed by atoms with Gasteiger partial charge in [-0.2, -0.15) is 5.10 Å². The van der Waals surface area contributed by atoms with E-state index in [9.17, 15) is 0 Å². The van der Waals surface area contributed by atoms with Crippen LogP contribution < -0.4 is 0 Å². The highest BCUT2D eigenvalue weighted by molar-refractivity contribution is 6.16. The third-order valence-corrected chi connectivity index (χ3v) is 1.89. The number of hydrogen-bond acceptors (Lipinski definition) is 3. The van der Waals surface area contributed by atoms with Crippen LogP contribution in [0.25, 0.3) is 0 Å². The molecule has 0 fully saturated rings. The van der Waals surface area contributed by atoms with Crippen LogP contribution in [-0.4, -0.2) is 24.7 Å². The molecule has 0 saturated heterocycles. The highest BCUT2D eigenvalue weighted by Gasteiger charge is 1.99. The first-order valence-corrected chi connectivity index (χ1v) is 4.33. The first kappa shape index (κ1) is 8.25. The van der Waals surface area contributed by atoms with Gasteiger partial charge in [-0.1, -0.05) is 0 Å². The Morgan fingerprint density at radius 1 is 1.46 bits per heavy atom. The highest BCUT2D eigenvalue weighted by Crippen LogP contribution is 2.01. The normalized spacial score (nSPS) is 10.5. The fraction of sp³-hybridized carbons (Fsp3) is 0.286. The van der Waals surface area contributed by atoms with Crippen LogP contribution in [0.15, 0.2) is 18.9 Å². The van der Waals surface area contributed by atoms with E-state index in [1.165, 1.54) is 6.33 Å². The zero-order valence-corrected chi connectivity index (χ0v) is 7.57. The summed E-state index contributed by atoms with van der Waals surface area (Å²) in [6.07, 6.45) is 5.09. The van der Waals surface area contributed by atoms with Crippen LogP contribution in [0.5, 0.6) is 0 Å². The van der Waals surface area contributed by atoms with E-state index in [-0.39, 0.29) is 0 Å². The van der Waals surface area contributed by atoms with Crippen molar-refractivity contribution in [1.82, 2.24) is 24.7 Å². The van der Waals surface area contributed by atoms with Crippen molar-refractivity contribution < 1.29 is 0 Å². The number of nitrogens with one attached hydrogen (secondary N) is 1. The van der Waals surface area contributed by atoms with Crippen LogP contribution in [0, 0.1) is 0 Å². The number of halogens is 1. The molecule has 0 aliphatic rings. The lowest BCUT2D eigenvalue weighted by Gasteiger charge is -1.95. The lowest BCUT2D eigenvalue weighted by atomic mass is 10.5. The predicted octanol–water partition coefficient (Wildman–Crippen LogP) is 0.788. The number of hydrogen-bond donors (Lipinski definition) is 1. The van der Waals surface area contributed by atoms with Crippen molar-refractivity contribution in [1.29, 1.82) is 0 Å². The molecule has 2 aromatic rings. The number of nitrogens with zero attached hydrogens (tertiary/aromatic N) is 4. The summed E-state index contributed by atoms with van der Waals surface area (Å²) >= 11 is 5.61. The molecule has 0 atom stereocenters. The van der Waals surface area contributed by atoms with E-state index in [2.05, 4.69) is 20.2 Å². The minimum Gasteiger partial charge on any atom is -0.330 e. The molecule has 0 amide bonds. The second-order valence-corrected chi connectivity index (χ2v) is 2.87. The van der Waals surface area contributed by atoms with Gasteiger partial charge in [0, 0.05) is 6.20 Å². The summed E-state index contributed by atoms with van der Waals surface area (Å²) in [4.78, 5) is 8.08. The van der Waals surface area contributed by atoms with E-state index < -0.39 is 0 Å². The summed E-state index contributed by atoms with van der Waals surface area (Å²) in [5, 5.41) is 6.52. The van der Waals surface area contributed by atoms with Gasteiger partial charge in [0.2, 0.25) is 0 Å². The third-order valence-electron chi connectivity index (χ3n) is 1.62. The van der Waals surface area contributed by atoms with Crippen LogP contribution in [-0.2, 0) is 12.4 Å². The molecule has 13 heavy (non-hydrogen) atoms. The van der Waals surface area contributed by atoms with Crippen molar-refractivity contribution in [2.24, 2.45) is 0 Å². The average molecular weight is 198 g/mol.